The molecule has 1 unspecified atom stereocenters. The maximum Gasteiger partial charge on any atom is 0.275 e. The Kier molecular flexibility index (Phi) is 9.43. The SMILES string of the molecule is COCCNC(=O)c1cc(C2CCN(Cc3ccccc3)C2)ccc1NC(=O)c1csc(N2CC[C@H](OC)C2)n1. The fourth-order valence-electron chi connectivity index (χ4n) is 5.36. The molecule has 2 fully saturated rings. The van der Waals surface area contributed by atoms with Crippen molar-refractivity contribution in [2.75, 3.05) is 63.8 Å². The van der Waals surface area contributed by atoms with Gasteiger partial charge in [-0.2, -0.15) is 0 Å². The lowest BCUT2D eigenvalue weighted by Gasteiger charge is -2.18. The van der Waals surface area contributed by atoms with Gasteiger partial charge in [-0.1, -0.05) is 36.4 Å². The average Bonchev–Trinajstić information content (AvgIpc) is 3.75. The lowest BCUT2D eigenvalue weighted by molar-refractivity contribution is 0.0938. The van der Waals surface area contributed by atoms with E-state index in [1.165, 1.54) is 16.9 Å². The normalized spacial score (nSPS) is 19.2. The first-order valence-electron chi connectivity index (χ1n) is 13.8. The van der Waals surface area contributed by atoms with Gasteiger partial charge in [-0.15, -0.1) is 11.3 Å². The maximum atomic E-state index is 13.2. The zero-order valence-corrected chi connectivity index (χ0v) is 23.9. The predicted molar refractivity (Wildman–Crippen MR) is 157 cm³/mol. The van der Waals surface area contributed by atoms with Gasteiger partial charge in [0.05, 0.1) is 24.0 Å². The first-order valence-corrected chi connectivity index (χ1v) is 14.6. The van der Waals surface area contributed by atoms with Gasteiger partial charge in [0.15, 0.2) is 5.13 Å². The minimum atomic E-state index is -0.335. The van der Waals surface area contributed by atoms with Crippen LogP contribution in [-0.4, -0.2) is 81.4 Å². The van der Waals surface area contributed by atoms with E-state index in [1.54, 1.807) is 19.6 Å². The Morgan fingerprint density at radius 2 is 1.90 bits per heavy atom. The molecular weight excluding hydrogens is 526 g/mol. The van der Waals surface area contributed by atoms with Crippen molar-refractivity contribution in [3.8, 4) is 0 Å². The lowest BCUT2D eigenvalue weighted by Crippen LogP contribution is -2.28. The van der Waals surface area contributed by atoms with Crippen LogP contribution in [0.15, 0.2) is 53.9 Å². The van der Waals surface area contributed by atoms with E-state index in [1.807, 2.05) is 24.3 Å². The van der Waals surface area contributed by atoms with Crippen LogP contribution in [-0.2, 0) is 16.0 Å². The molecule has 10 heteroatoms. The maximum absolute atomic E-state index is 13.2. The van der Waals surface area contributed by atoms with Crippen LogP contribution in [0, 0.1) is 0 Å². The number of methoxy groups -OCH3 is 2. The highest BCUT2D eigenvalue weighted by molar-refractivity contribution is 7.14. The molecule has 2 N–H and O–H groups in total. The number of likely N-dealkylation sites (tertiary alicyclic amines) is 1. The molecule has 1 aromatic heterocycles. The van der Waals surface area contributed by atoms with E-state index < -0.39 is 0 Å². The molecule has 0 saturated carbocycles. The summed E-state index contributed by atoms with van der Waals surface area (Å²) >= 11 is 1.44. The number of hydrogen-bond donors (Lipinski definition) is 2. The van der Waals surface area contributed by atoms with Gasteiger partial charge in [-0.25, -0.2) is 4.98 Å². The van der Waals surface area contributed by atoms with E-state index in [2.05, 4.69) is 49.7 Å². The number of anilines is 2. The van der Waals surface area contributed by atoms with Crippen molar-refractivity contribution in [1.29, 1.82) is 0 Å². The minimum Gasteiger partial charge on any atom is -0.383 e. The zero-order chi connectivity index (χ0) is 27.9. The smallest absolute Gasteiger partial charge is 0.275 e. The molecule has 2 atom stereocenters. The first kappa shape index (κ1) is 28.2. The topological polar surface area (TPSA) is 96.0 Å². The van der Waals surface area contributed by atoms with Crippen molar-refractivity contribution in [3.63, 3.8) is 0 Å². The van der Waals surface area contributed by atoms with E-state index in [0.29, 0.717) is 36.0 Å². The van der Waals surface area contributed by atoms with Crippen molar-refractivity contribution < 1.29 is 19.1 Å². The fourth-order valence-corrected chi connectivity index (χ4v) is 6.20. The van der Waals surface area contributed by atoms with Gasteiger partial charge in [0.1, 0.15) is 5.69 Å². The molecule has 2 amide bonds. The fraction of sp³-hybridized carbons (Fsp3) is 0.433. The summed E-state index contributed by atoms with van der Waals surface area (Å²) in [5.74, 6) is -0.259. The Morgan fingerprint density at radius 3 is 2.67 bits per heavy atom. The van der Waals surface area contributed by atoms with Crippen LogP contribution in [0.3, 0.4) is 0 Å². The molecule has 2 aromatic carbocycles. The Morgan fingerprint density at radius 1 is 1.05 bits per heavy atom. The first-order chi connectivity index (χ1) is 19.5. The summed E-state index contributed by atoms with van der Waals surface area (Å²) in [6, 6.07) is 16.3. The van der Waals surface area contributed by atoms with E-state index in [0.717, 1.165) is 56.3 Å². The van der Waals surface area contributed by atoms with Crippen molar-refractivity contribution in [1.82, 2.24) is 15.2 Å². The highest BCUT2D eigenvalue weighted by Crippen LogP contribution is 2.31. The van der Waals surface area contributed by atoms with E-state index in [4.69, 9.17) is 9.47 Å². The van der Waals surface area contributed by atoms with Gasteiger partial charge < -0.3 is 25.0 Å². The summed E-state index contributed by atoms with van der Waals surface area (Å²) in [4.78, 5) is 35.6. The van der Waals surface area contributed by atoms with Gasteiger partial charge in [-0.05, 0) is 48.6 Å². The summed E-state index contributed by atoms with van der Waals surface area (Å²) in [6.07, 6.45) is 2.14. The number of ether oxygens (including phenoxy) is 2. The van der Waals surface area contributed by atoms with E-state index >= 15 is 0 Å². The number of thiazole rings is 1. The van der Waals surface area contributed by atoms with Crippen molar-refractivity contribution in [3.05, 3.63) is 76.3 Å². The molecule has 212 valence electrons. The number of aromatic nitrogens is 1. The van der Waals surface area contributed by atoms with Crippen molar-refractivity contribution >= 4 is 34.0 Å². The third-order valence-electron chi connectivity index (χ3n) is 7.59. The summed E-state index contributed by atoms with van der Waals surface area (Å²) in [5.41, 5.74) is 3.65. The molecule has 2 saturated heterocycles. The third-order valence-corrected chi connectivity index (χ3v) is 8.50. The molecule has 0 radical (unpaired) electrons. The second-order valence-corrected chi connectivity index (χ2v) is 11.2. The lowest BCUT2D eigenvalue weighted by atomic mass is 9.95. The molecular formula is C30H37N5O4S. The second-order valence-electron chi connectivity index (χ2n) is 10.3. The number of carbonyl (C=O) groups is 2. The quantitative estimate of drug-likeness (QED) is 0.341. The Balaban J connectivity index is 1.29. The number of benzene rings is 2. The van der Waals surface area contributed by atoms with E-state index in [9.17, 15) is 9.59 Å². The molecule has 40 heavy (non-hydrogen) atoms. The zero-order valence-electron chi connectivity index (χ0n) is 23.1. The summed E-state index contributed by atoms with van der Waals surface area (Å²) in [7, 11) is 3.32. The van der Waals surface area contributed by atoms with Gasteiger partial charge in [0, 0.05) is 52.3 Å². The van der Waals surface area contributed by atoms with E-state index in [-0.39, 0.29) is 17.9 Å². The molecule has 2 aliphatic rings. The monoisotopic (exact) mass is 563 g/mol. The minimum absolute atomic E-state index is 0.184. The summed E-state index contributed by atoms with van der Waals surface area (Å²) in [6.45, 7) is 5.25. The highest BCUT2D eigenvalue weighted by atomic mass is 32.1. The Hall–Kier alpha value is -3.31. The van der Waals surface area contributed by atoms with Crippen LogP contribution >= 0.6 is 11.3 Å². The van der Waals surface area contributed by atoms with Gasteiger partial charge >= 0.3 is 0 Å². The van der Waals surface area contributed by atoms with Crippen LogP contribution in [0.25, 0.3) is 0 Å². The van der Waals surface area contributed by atoms with Gasteiger partial charge in [-0.3, -0.25) is 14.5 Å². The van der Waals surface area contributed by atoms with Crippen molar-refractivity contribution in [2.45, 2.75) is 31.4 Å². The van der Waals surface area contributed by atoms with Gasteiger partial charge in [0.2, 0.25) is 0 Å². The summed E-state index contributed by atoms with van der Waals surface area (Å²) < 4.78 is 10.5. The number of nitrogens with one attached hydrogen (secondary N) is 2. The van der Waals surface area contributed by atoms with Crippen LogP contribution in [0.2, 0.25) is 0 Å². The number of nitrogens with zero attached hydrogens (tertiary/aromatic N) is 3. The standard InChI is InChI=1S/C30H37N5O4S/c1-38-15-12-31-28(36)25-16-22(23-10-13-34(18-23)17-21-6-4-3-5-7-21)8-9-26(25)32-29(37)27-20-40-30(33-27)35-14-11-24(19-35)39-2/h3-9,16,20,23-24H,10-15,17-19H2,1-2H3,(H,31,36)(H,32,37)/t23?,24-/m0/s1. The van der Waals surface area contributed by atoms with Gasteiger partial charge in [0.25, 0.3) is 11.8 Å². The molecule has 0 aliphatic carbocycles. The Labute approximate surface area is 239 Å². The highest BCUT2D eigenvalue weighted by Gasteiger charge is 2.27. The number of carbonyl (C=O) groups excluding carboxylic acids is 2. The summed E-state index contributed by atoms with van der Waals surface area (Å²) in [5, 5.41) is 8.41. The van der Waals surface area contributed by atoms with Crippen LogP contribution in [0.4, 0.5) is 10.8 Å². The molecule has 5 rings (SSSR count). The van der Waals surface area contributed by atoms with Crippen LogP contribution in [0.1, 0.15) is 50.7 Å². The predicted octanol–water partition coefficient (Wildman–Crippen LogP) is 3.99. The van der Waals surface area contributed by atoms with Crippen molar-refractivity contribution in [2.24, 2.45) is 0 Å². The van der Waals surface area contributed by atoms with Crippen LogP contribution < -0.4 is 15.5 Å². The molecule has 3 heterocycles. The second kappa shape index (κ2) is 13.4. The van der Waals surface area contributed by atoms with Crippen LogP contribution in [0.5, 0.6) is 0 Å². The average molecular weight is 564 g/mol. The Bertz CT molecular complexity index is 1300. The molecule has 3 aromatic rings. The molecule has 0 spiro atoms. The number of rotatable bonds is 11. The third kappa shape index (κ3) is 6.87. The molecule has 2 aliphatic heterocycles. The molecule has 9 nitrogen and oxygen atoms in total. The largest absolute Gasteiger partial charge is 0.383 e. The molecule has 0 bridgehead atoms. The number of hydrogen-bond acceptors (Lipinski definition) is 8. The number of amides is 2.